The molecule has 0 atom stereocenters. The van der Waals surface area contributed by atoms with Gasteiger partial charge in [-0.05, 0) is 79.1 Å². The Bertz CT molecular complexity index is 2050. The third-order valence-electron chi connectivity index (χ3n) is 8.33. The second-order valence-corrected chi connectivity index (χ2v) is 12.7. The average molecular weight is 795 g/mol. The molecule has 2 aromatic carbocycles. The number of ketones is 2. The summed E-state index contributed by atoms with van der Waals surface area (Å²) >= 11 is 6.37. The van der Waals surface area contributed by atoms with Gasteiger partial charge in [0.25, 0.3) is 0 Å². The number of benzene rings is 2. The molecule has 6 bridgehead atoms. The average Bonchev–Trinajstić information content (AvgIpc) is 3.13. The van der Waals surface area contributed by atoms with Gasteiger partial charge in [-0.3, -0.25) is 19.4 Å². The van der Waals surface area contributed by atoms with E-state index in [4.69, 9.17) is 11.6 Å². The molecule has 6 rings (SSSR count). The largest absolute Gasteiger partial charge is 0.458 e. The number of alkyl halides is 6. The van der Waals surface area contributed by atoms with Gasteiger partial charge in [-0.25, -0.2) is 14.2 Å². The van der Waals surface area contributed by atoms with Crippen LogP contribution in [0, 0.1) is 11.7 Å². The molecule has 20 heteroatoms. The number of fused-ring (bicyclic) bond motifs is 6. The van der Waals surface area contributed by atoms with Crippen LogP contribution >= 0.6 is 11.6 Å². The monoisotopic (exact) mass is 794 g/mol. The first-order valence-corrected chi connectivity index (χ1v) is 16.8. The van der Waals surface area contributed by atoms with E-state index in [2.05, 4.69) is 36.2 Å². The topological polar surface area (TPSA) is 158 Å². The number of likely N-dealkylation sites (tertiary alicyclic amines) is 1. The molecule has 0 saturated carbocycles. The molecule has 2 aliphatic heterocycles. The maximum atomic E-state index is 13.9. The van der Waals surface area contributed by atoms with Crippen LogP contribution < -0.4 is 21.3 Å². The summed E-state index contributed by atoms with van der Waals surface area (Å²) in [7, 11) is 0. The first-order valence-electron chi connectivity index (χ1n) is 16.4. The molecule has 2 aromatic heterocycles. The number of hydrogen-bond acceptors (Lipinski definition) is 9. The number of piperidine rings is 1. The van der Waals surface area contributed by atoms with Crippen LogP contribution in [-0.2, 0) is 27.2 Å². The minimum atomic E-state index is -5.77. The number of nitrogens with one attached hydrogen (secondary N) is 4. The number of aryl methyl sites for hydroxylation is 2. The lowest BCUT2D eigenvalue weighted by molar-refractivity contribution is -0.193. The normalized spacial score (nSPS) is 14.3. The third kappa shape index (κ3) is 11.1. The van der Waals surface area contributed by atoms with E-state index in [-0.39, 0.29) is 23.5 Å². The number of aromatic nitrogens is 3. The molecular weight excluding hydrogens is 765 g/mol. The van der Waals surface area contributed by atoms with E-state index in [1.807, 2.05) is 30.5 Å². The fourth-order valence-corrected chi connectivity index (χ4v) is 5.71. The molecule has 1 fully saturated rings. The summed E-state index contributed by atoms with van der Waals surface area (Å²) in [5, 5.41) is 12.6. The molecule has 0 aliphatic carbocycles. The van der Waals surface area contributed by atoms with E-state index in [0.29, 0.717) is 62.0 Å². The van der Waals surface area contributed by atoms with Gasteiger partial charge in [-0.1, -0.05) is 23.7 Å². The number of anilines is 6. The van der Waals surface area contributed by atoms with Crippen molar-refractivity contribution in [2.45, 2.75) is 44.5 Å². The number of carbonyl (C=O) groups is 4. The van der Waals surface area contributed by atoms with E-state index in [1.165, 1.54) is 18.3 Å². The quantitative estimate of drug-likeness (QED) is 0.117. The summed E-state index contributed by atoms with van der Waals surface area (Å²) in [5.74, 6) is -6.38. The fourth-order valence-electron chi connectivity index (χ4n) is 5.57. The number of rotatable bonds is 5. The summed E-state index contributed by atoms with van der Waals surface area (Å²) in [6, 6.07) is 13.5. The SMILES string of the molecule is O=C(C(=O)C(F)(F)F)C(F)(F)F.O=C(CC1CCN(C(=O)Nc2ccccc2F)CC1)Nc1ccc2cc1CCc1cncc(c1)Nc1ncc(Cl)c(n1)N2. The highest BCUT2D eigenvalue weighted by atomic mass is 35.5. The standard InChI is InChI=1S/C31H30ClFN8O2.C4F6O2/c32-24-18-35-30-37-23-13-20(16-34-17-23)5-6-21-15-22(36-29(24)40-30)7-8-26(21)38-28(42)14-19-9-11-41(12-10-19)31(43)39-27-4-2-1-3-25(27)33;5-3(6,7)1(11)2(12)4(8,9)10/h1-4,7-8,13,15-19H,5-6,9-12,14H2,(H,38,42)(H,39,43)(H2,35,36,37,40);. The van der Waals surface area contributed by atoms with E-state index >= 15 is 0 Å². The van der Waals surface area contributed by atoms with Crippen LogP contribution in [0.4, 0.5) is 70.0 Å². The minimum absolute atomic E-state index is 0.0783. The number of carbonyl (C=O) groups excluding carboxylic acids is 4. The van der Waals surface area contributed by atoms with Gasteiger partial charge in [0.05, 0.1) is 23.8 Å². The van der Waals surface area contributed by atoms with Gasteiger partial charge >= 0.3 is 30.0 Å². The Hall–Kier alpha value is -5.85. The fraction of sp³-hybridized carbons (Fsp3) is 0.286. The lowest BCUT2D eigenvalue weighted by Crippen LogP contribution is -2.41. The van der Waals surface area contributed by atoms with Gasteiger partial charge in [0.15, 0.2) is 5.82 Å². The van der Waals surface area contributed by atoms with Gasteiger partial charge in [0, 0.05) is 37.1 Å². The number of hydrogen-bond donors (Lipinski definition) is 4. The van der Waals surface area contributed by atoms with Gasteiger partial charge < -0.3 is 26.2 Å². The van der Waals surface area contributed by atoms with Crippen molar-refractivity contribution < 1.29 is 49.9 Å². The summed E-state index contributed by atoms with van der Waals surface area (Å²) in [4.78, 5) is 59.8. The van der Waals surface area contributed by atoms with E-state index < -0.39 is 29.7 Å². The zero-order valence-corrected chi connectivity index (χ0v) is 29.1. The number of urea groups is 1. The molecule has 290 valence electrons. The third-order valence-corrected chi connectivity index (χ3v) is 8.61. The molecule has 4 aromatic rings. The Morgan fingerprint density at radius 2 is 1.51 bits per heavy atom. The predicted molar refractivity (Wildman–Crippen MR) is 187 cm³/mol. The van der Waals surface area contributed by atoms with Crippen molar-refractivity contribution in [1.29, 1.82) is 0 Å². The Kier molecular flexibility index (Phi) is 12.5. The number of pyridine rings is 1. The summed E-state index contributed by atoms with van der Waals surface area (Å²) in [6.45, 7) is 0.998. The van der Waals surface area contributed by atoms with Crippen LogP contribution in [-0.4, -0.2) is 68.8 Å². The molecule has 4 N–H and O–H groups in total. The van der Waals surface area contributed by atoms with Crippen LogP contribution in [0.2, 0.25) is 5.02 Å². The van der Waals surface area contributed by atoms with Gasteiger partial charge in [-0.15, -0.1) is 0 Å². The smallest absolute Gasteiger partial charge is 0.339 e. The van der Waals surface area contributed by atoms with Crippen molar-refractivity contribution in [3.05, 3.63) is 89.1 Å². The second-order valence-electron chi connectivity index (χ2n) is 12.3. The highest BCUT2D eigenvalue weighted by Crippen LogP contribution is 2.30. The van der Waals surface area contributed by atoms with Crippen molar-refractivity contribution >= 4 is 69.6 Å². The Labute approximate surface area is 312 Å². The molecule has 0 radical (unpaired) electrons. The van der Waals surface area contributed by atoms with Crippen LogP contribution in [0.5, 0.6) is 0 Å². The molecule has 55 heavy (non-hydrogen) atoms. The minimum Gasteiger partial charge on any atom is -0.339 e. The highest BCUT2D eigenvalue weighted by molar-refractivity contribution is 6.41. The van der Waals surface area contributed by atoms with E-state index in [1.54, 1.807) is 23.2 Å². The molecule has 12 nitrogen and oxygen atoms in total. The van der Waals surface area contributed by atoms with Crippen molar-refractivity contribution in [2.24, 2.45) is 5.92 Å². The number of para-hydroxylation sites is 1. The van der Waals surface area contributed by atoms with E-state index in [9.17, 15) is 49.9 Å². The summed E-state index contributed by atoms with van der Waals surface area (Å²) < 4.78 is 80.9. The molecule has 3 amide bonds. The van der Waals surface area contributed by atoms with Crippen LogP contribution in [0.15, 0.2) is 67.1 Å². The Balaban J connectivity index is 0.000000418. The number of amides is 3. The molecule has 0 spiro atoms. The molecule has 1 saturated heterocycles. The number of Topliss-reactive ketones (excluding diaryl/α,β-unsaturated/α-hetero) is 2. The van der Waals surface area contributed by atoms with Gasteiger partial charge in [-0.2, -0.15) is 31.3 Å². The molecular formula is C35H30ClF7N8O4. The van der Waals surface area contributed by atoms with Crippen molar-refractivity contribution in [3.8, 4) is 0 Å². The summed E-state index contributed by atoms with van der Waals surface area (Å²) in [6.07, 6.45) is -3.38. The number of nitrogens with zero attached hydrogens (tertiary/aromatic N) is 4. The van der Waals surface area contributed by atoms with Crippen LogP contribution in [0.25, 0.3) is 0 Å². The number of halogens is 8. The molecule has 4 heterocycles. The zero-order valence-electron chi connectivity index (χ0n) is 28.3. The van der Waals surface area contributed by atoms with Crippen LogP contribution in [0.1, 0.15) is 30.4 Å². The zero-order chi connectivity index (χ0) is 39.9. The van der Waals surface area contributed by atoms with Crippen molar-refractivity contribution in [1.82, 2.24) is 19.9 Å². The lowest BCUT2D eigenvalue weighted by Gasteiger charge is -2.31. The van der Waals surface area contributed by atoms with E-state index in [0.717, 1.165) is 28.2 Å². The van der Waals surface area contributed by atoms with Crippen LogP contribution in [0.3, 0.4) is 0 Å². The first kappa shape index (κ1) is 40.3. The molecule has 2 aliphatic rings. The predicted octanol–water partition coefficient (Wildman–Crippen LogP) is 7.77. The highest BCUT2D eigenvalue weighted by Gasteiger charge is 2.54. The molecule has 0 unspecified atom stereocenters. The maximum absolute atomic E-state index is 13.9. The first-order chi connectivity index (χ1) is 26.0. The van der Waals surface area contributed by atoms with Crippen molar-refractivity contribution in [2.75, 3.05) is 34.4 Å². The second kappa shape index (κ2) is 17.1. The van der Waals surface area contributed by atoms with Gasteiger partial charge in [0.2, 0.25) is 11.9 Å². The lowest BCUT2D eigenvalue weighted by atomic mass is 9.93. The summed E-state index contributed by atoms with van der Waals surface area (Å²) in [5.41, 5.74) is 4.43. The maximum Gasteiger partial charge on any atom is 0.458 e. The Morgan fingerprint density at radius 1 is 0.818 bits per heavy atom. The van der Waals surface area contributed by atoms with Crippen molar-refractivity contribution in [3.63, 3.8) is 0 Å². The Morgan fingerprint density at radius 3 is 2.18 bits per heavy atom. The van der Waals surface area contributed by atoms with Gasteiger partial charge in [0.1, 0.15) is 10.8 Å².